The normalized spacial score (nSPS) is 19.0. The molecule has 2 rings (SSSR count). The Morgan fingerprint density at radius 1 is 1.47 bits per heavy atom. The van der Waals surface area contributed by atoms with Gasteiger partial charge in [0, 0.05) is 6.42 Å². The summed E-state index contributed by atoms with van der Waals surface area (Å²) in [5.41, 5.74) is 4.63. The van der Waals surface area contributed by atoms with Crippen LogP contribution in [0.1, 0.15) is 6.42 Å². The molecule has 0 saturated carbocycles. The number of fused-ring (bicyclic) bond motifs is 1. The number of aliphatic carboxylic acids is 1. The highest BCUT2D eigenvalue weighted by molar-refractivity contribution is 6.02. The number of nitrogens with zero attached hydrogens (tertiary/aromatic N) is 1. The van der Waals surface area contributed by atoms with E-state index in [0.717, 1.165) is 0 Å². The third kappa shape index (κ3) is 2.47. The number of rotatable bonds is 3. The van der Waals surface area contributed by atoms with E-state index in [0.29, 0.717) is 0 Å². The molecule has 0 radical (unpaired) electrons. The van der Waals surface area contributed by atoms with Gasteiger partial charge in [-0.2, -0.15) is 4.98 Å². The van der Waals surface area contributed by atoms with Crippen LogP contribution in [0.2, 0.25) is 0 Å². The molecule has 1 aromatic heterocycles. The summed E-state index contributed by atoms with van der Waals surface area (Å²) in [4.78, 5) is 39.7. The first-order chi connectivity index (χ1) is 8.88. The lowest BCUT2D eigenvalue weighted by Gasteiger charge is -2.25. The van der Waals surface area contributed by atoms with E-state index in [1.54, 1.807) is 0 Å². The van der Waals surface area contributed by atoms with Gasteiger partial charge >= 0.3 is 5.97 Å². The maximum absolute atomic E-state index is 11.7. The first kappa shape index (κ1) is 12.8. The SMILES string of the molecule is Nc1nc2c(c(=O)[nH]1)NC(=O)C(CC(O)C(=O)O)N2. The lowest BCUT2D eigenvalue weighted by molar-refractivity contribution is -0.147. The maximum atomic E-state index is 11.7. The van der Waals surface area contributed by atoms with E-state index in [9.17, 15) is 19.5 Å². The molecule has 2 heterocycles. The summed E-state index contributed by atoms with van der Waals surface area (Å²) in [6.07, 6.45) is -2.07. The Balaban J connectivity index is 2.26. The van der Waals surface area contributed by atoms with Crippen LogP contribution in [0.25, 0.3) is 0 Å². The van der Waals surface area contributed by atoms with Crippen LogP contribution in [0, 0.1) is 0 Å². The number of aromatic nitrogens is 2. The van der Waals surface area contributed by atoms with Gasteiger partial charge in [0.25, 0.3) is 5.56 Å². The molecule has 2 atom stereocenters. The summed E-state index contributed by atoms with van der Waals surface area (Å²) in [6.45, 7) is 0. The smallest absolute Gasteiger partial charge is 0.332 e. The van der Waals surface area contributed by atoms with Gasteiger partial charge in [-0.3, -0.25) is 14.6 Å². The number of carboxylic acid groups (broad SMARTS) is 1. The molecule has 10 heteroatoms. The standard InChI is InChI=1S/C9H11N5O5/c10-9-13-5-4(7(17)14-9)12-6(16)2(11-5)1-3(15)8(18)19/h2-3,15H,1H2,(H,12,16)(H,18,19)(H4,10,11,13,14,17). The van der Waals surface area contributed by atoms with Crippen LogP contribution >= 0.6 is 0 Å². The second kappa shape index (κ2) is 4.57. The number of H-pyrrole nitrogens is 1. The van der Waals surface area contributed by atoms with Gasteiger partial charge in [-0.15, -0.1) is 0 Å². The third-order valence-electron chi connectivity index (χ3n) is 2.56. The fourth-order valence-electron chi connectivity index (χ4n) is 1.64. The van der Waals surface area contributed by atoms with Crippen LogP contribution in [-0.4, -0.2) is 44.2 Å². The number of aromatic amines is 1. The van der Waals surface area contributed by atoms with Crippen LogP contribution in [-0.2, 0) is 9.59 Å². The zero-order valence-corrected chi connectivity index (χ0v) is 9.51. The minimum absolute atomic E-state index is 0.0310. The average molecular weight is 269 g/mol. The van der Waals surface area contributed by atoms with E-state index >= 15 is 0 Å². The van der Waals surface area contributed by atoms with Crippen LogP contribution in [0.3, 0.4) is 0 Å². The monoisotopic (exact) mass is 269 g/mol. The van der Waals surface area contributed by atoms with Crippen molar-refractivity contribution in [3.63, 3.8) is 0 Å². The van der Waals surface area contributed by atoms with Crippen LogP contribution < -0.4 is 21.9 Å². The molecule has 19 heavy (non-hydrogen) atoms. The van der Waals surface area contributed by atoms with Gasteiger partial charge in [-0.05, 0) is 0 Å². The predicted molar refractivity (Wildman–Crippen MR) is 63.6 cm³/mol. The second-order valence-corrected chi connectivity index (χ2v) is 3.95. The third-order valence-corrected chi connectivity index (χ3v) is 2.56. The molecular formula is C9H11N5O5. The molecule has 2 unspecified atom stereocenters. The summed E-state index contributed by atoms with van der Waals surface area (Å²) in [7, 11) is 0. The number of carbonyl (C=O) groups excluding carboxylic acids is 1. The number of anilines is 3. The highest BCUT2D eigenvalue weighted by Crippen LogP contribution is 2.22. The molecule has 1 aliphatic heterocycles. The van der Waals surface area contributed by atoms with Crippen molar-refractivity contribution in [3.8, 4) is 0 Å². The van der Waals surface area contributed by atoms with Gasteiger partial charge in [-0.25, -0.2) is 4.79 Å². The van der Waals surface area contributed by atoms with Crippen molar-refractivity contribution < 1.29 is 19.8 Å². The Hall–Kier alpha value is -2.62. The van der Waals surface area contributed by atoms with Gasteiger partial charge < -0.3 is 26.6 Å². The Morgan fingerprint density at radius 3 is 2.79 bits per heavy atom. The zero-order valence-electron chi connectivity index (χ0n) is 9.51. The fourth-order valence-corrected chi connectivity index (χ4v) is 1.64. The molecule has 0 bridgehead atoms. The number of carboxylic acids is 1. The largest absolute Gasteiger partial charge is 0.479 e. The number of carbonyl (C=O) groups is 2. The van der Waals surface area contributed by atoms with Crippen molar-refractivity contribution in [1.82, 2.24) is 9.97 Å². The molecule has 0 aliphatic carbocycles. The Bertz CT molecular complexity index is 597. The van der Waals surface area contributed by atoms with Gasteiger partial charge in [-0.1, -0.05) is 0 Å². The van der Waals surface area contributed by atoms with E-state index in [1.807, 2.05) is 0 Å². The van der Waals surface area contributed by atoms with Crippen LogP contribution in [0.5, 0.6) is 0 Å². The molecule has 1 aromatic rings. The van der Waals surface area contributed by atoms with Gasteiger partial charge in [0.2, 0.25) is 11.9 Å². The van der Waals surface area contributed by atoms with Crippen molar-refractivity contribution in [1.29, 1.82) is 0 Å². The molecule has 102 valence electrons. The Kier molecular flexibility index (Phi) is 3.09. The summed E-state index contributed by atoms with van der Waals surface area (Å²) in [5, 5.41) is 22.7. The molecule has 10 nitrogen and oxygen atoms in total. The molecular weight excluding hydrogens is 258 g/mol. The number of nitrogens with two attached hydrogens (primary N) is 1. The number of aliphatic hydroxyl groups is 1. The number of aliphatic hydroxyl groups excluding tert-OH is 1. The number of nitrogens with one attached hydrogen (secondary N) is 3. The van der Waals surface area contributed by atoms with E-state index in [-0.39, 0.29) is 23.9 Å². The highest BCUT2D eigenvalue weighted by atomic mass is 16.4. The summed E-state index contributed by atoms with van der Waals surface area (Å²) >= 11 is 0. The number of nitrogen functional groups attached to an aromatic ring is 1. The maximum Gasteiger partial charge on any atom is 0.332 e. The fraction of sp³-hybridized carbons (Fsp3) is 0.333. The van der Waals surface area contributed by atoms with Crippen LogP contribution in [0.4, 0.5) is 17.5 Å². The first-order valence-electron chi connectivity index (χ1n) is 5.26. The first-order valence-corrected chi connectivity index (χ1v) is 5.26. The van der Waals surface area contributed by atoms with Gasteiger partial charge in [0.1, 0.15) is 6.04 Å². The van der Waals surface area contributed by atoms with Crippen molar-refractivity contribution >= 4 is 29.3 Å². The summed E-state index contributed by atoms with van der Waals surface area (Å²) in [6, 6.07) is -1.02. The topological polar surface area (TPSA) is 170 Å². The highest BCUT2D eigenvalue weighted by Gasteiger charge is 2.31. The van der Waals surface area contributed by atoms with E-state index in [4.69, 9.17) is 10.8 Å². The number of hydrogen-bond donors (Lipinski definition) is 6. The summed E-state index contributed by atoms with van der Waals surface area (Å²) < 4.78 is 0. The molecule has 0 saturated heterocycles. The van der Waals surface area contributed by atoms with Crippen molar-refractivity contribution in [2.24, 2.45) is 0 Å². The van der Waals surface area contributed by atoms with Crippen molar-refractivity contribution in [3.05, 3.63) is 10.4 Å². The minimum Gasteiger partial charge on any atom is -0.479 e. The lowest BCUT2D eigenvalue weighted by Crippen LogP contribution is -2.44. The molecule has 0 spiro atoms. The summed E-state index contributed by atoms with van der Waals surface area (Å²) in [5.74, 6) is -2.20. The Labute approximate surface area is 105 Å². The quantitative estimate of drug-likeness (QED) is 0.363. The van der Waals surface area contributed by atoms with Crippen molar-refractivity contribution in [2.75, 3.05) is 16.4 Å². The van der Waals surface area contributed by atoms with E-state index < -0.39 is 29.6 Å². The molecule has 0 fully saturated rings. The van der Waals surface area contributed by atoms with Crippen LogP contribution in [0.15, 0.2) is 4.79 Å². The zero-order chi connectivity index (χ0) is 14.2. The molecule has 7 N–H and O–H groups in total. The number of amides is 1. The van der Waals surface area contributed by atoms with E-state index in [2.05, 4.69) is 20.6 Å². The van der Waals surface area contributed by atoms with E-state index in [1.165, 1.54) is 0 Å². The second-order valence-electron chi connectivity index (χ2n) is 3.95. The number of hydrogen-bond acceptors (Lipinski definition) is 7. The average Bonchev–Trinajstić information content (AvgIpc) is 2.31. The van der Waals surface area contributed by atoms with Gasteiger partial charge in [0.05, 0.1) is 0 Å². The predicted octanol–water partition coefficient (Wildman–Crippen LogP) is -2.08. The Morgan fingerprint density at radius 2 is 2.16 bits per heavy atom. The minimum atomic E-state index is -1.70. The van der Waals surface area contributed by atoms with Crippen molar-refractivity contribution in [2.45, 2.75) is 18.6 Å². The molecule has 1 aliphatic rings. The van der Waals surface area contributed by atoms with Gasteiger partial charge in [0.15, 0.2) is 17.6 Å². The molecule has 0 aromatic carbocycles. The molecule has 1 amide bonds. The lowest BCUT2D eigenvalue weighted by atomic mass is 10.1.